The van der Waals surface area contributed by atoms with Crippen LogP contribution in [-0.2, 0) is 10.0 Å². The molecule has 0 amide bonds. The summed E-state index contributed by atoms with van der Waals surface area (Å²) in [6.45, 7) is 1.87. The quantitative estimate of drug-likeness (QED) is 0.871. The zero-order valence-electron chi connectivity index (χ0n) is 12.2. The summed E-state index contributed by atoms with van der Waals surface area (Å²) in [5.41, 5.74) is 0.831. The van der Waals surface area contributed by atoms with Gasteiger partial charge in [0.2, 0.25) is 10.0 Å². The lowest BCUT2D eigenvalue weighted by Gasteiger charge is -2.26. The average molecular weight is 332 g/mol. The largest absolute Gasteiger partial charge is 0.391 e. The monoisotopic (exact) mass is 331 g/mol. The van der Waals surface area contributed by atoms with Crippen molar-refractivity contribution < 1.29 is 13.5 Å². The summed E-state index contributed by atoms with van der Waals surface area (Å²) in [4.78, 5) is 0.133. The number of aryl methyl sites for hydroxylation is 1. The standard InChI is InChI=1S/C15H22ClNO3S/c1-11-7-8-13(9-14(11)16)21(19,20)17-10-15(18)12-5-3-2-4-6-12/h7-9,12,15,17-18H,2-6,10H2,1H3. The van der Waals surface area contributed by atoms with E-state index in [4.69, 9.17) is 11.6 Å². The topological polar surface area (TPSA) is 66.4 Å². The molecule has 2 rings (SSSR count). The second kappa shape index (κ2) is 7.09. The minimum absolute atomic E-state index is 0.0541. The molecule has 2 N–H and O–H groups in total. The summed E-state index contributed by atoms with van der Waals surface area (Å²) in [6, 6.07) is 4.64. The third-order valence-corrected chi connectivity index (χ3v) is 5.96. The molecular weight excluding hydrogens is 310 g/mol. The fourth-order valence-corrected chi connectivity index (χ4v) is 4.03. The Kier molecular flexibility index (Phi) is 5.66. The van der Waals surface area contributed by atoms with Gasteiger partial charge in [-0.1, -0.05) is 36.9 Å². The number of benzene rings is 1. The Morgan fingerprint density at radius 2 is 2.00 bits per heavy atom. The second-order valence-corrected chi connectivity index (χ2v) is 7.90. The van der Waals surface area contributed by atoms with Crippen molar-refractivity contribution in [1.82, 2.24) is 4.72 Å². The number of aliphatic hydroxyl groups excluding tert-OH is 1. The van der Waals surface area contributed by atoms with Crippen molar-refractivity contribution in [3.63, 3.8) is 0 Å². The van der Waals surface area contributed by atoms with Crippen LogP contribution < -0.4 is 4.72 Å². The van der Waals surface area contributed by atoms with Crippen molar-refractivity contribution >= 4 is 21.6 Å². The van der Waals surface area contributed by atoms with Gasteiger partial charge in [0.15, 0.2) is 0 Å². The number of hydrogen-bond donors (Lipinski definition) is 2. The molecule has 1 fully saturated rings. The zero-order chi connectivity index (χ0) is 15.5. The predicted octanol–water partition coefficient (Wildman–Crippen LogP) is 2.87. The molecule has 21 heavy (non-hydrogen) atoms. The Hall–Kier alpha value is -0.620. The number of aliphatic hydroxyl groups is 1. The highest BCUT2D eigenvalue weighted by Crippen LogP contribution is 2.26. The molecule has 1 aliphatic carbocycles. The van der Waals surface area contributed by atoms with E-state index in [-0.39, 0.29) is 17.4 Å². The lowest BCUT2D eigenvalue weighted by Crippen LogP contribution is -2.37. The van der Waals surface area contributed by atoms with Crippen LogP contribution in [0.1, 0.15) is 37.7 Å². The molecule has 1 aromatic carbocycles. The van der Waals surface area contributed by atoms with E-state index in [0.717, 1.165) is 31.2 Å². The van der Waals surface area contributed by atoms with Gasteiger partial charge < -0.3 is 5.11 Å². The Morgan fingerprint density at radius 1 is 1.33 bits per heavy atom. The minimum atomic E-state index is -3.63. The van der Waals surface area contributed by atoms with Crippen LogP contribution in [0.3, 0.4) is 0 Å². The third kappa shape index (κ3) is 4.42. The van der Waals surface area contributed by atoms with Crippen LogP contribution in [-0.4, -0.2) is 26.2 Å². The first kappa shape index (κ1) is 16.7. The van der Waals surface area contributed by atoms with Crippen LogP contribution in [0.4, 0.5) is 0 Å². The van der Waals surface area contributed by atoms with E-state index < -0.39 is 16.1 Å². The molecule has 0 heterocycles. The molecule has 6 heteroatoms. The van der Waals surface area contributed by atoms with E-state index in [1.807, 2.05) is 6.92 Å². The summed E-state index contributed by atoms with van der Waals surface area (Å²) in [5, 5.41) is 10.6. The number of hydrogen-bond acceptors (Lipinski definition) is 3. The summed E-state index contributed by atoms with van der Waals surface area (Å²) in [5.74, 6) is 0.197. The molecule has 0 saturated heterocycles. The van der Waals surface area contributed by atoms with Crippen LogP contribution in [0, 0.1) is 12.8 Å². The average Bonchev–Trinajstić information content (AvgIpc) is 2.48. The molecule has 1 unspecified atom stereocenters. The maximum Gasteiger partial charge on any atom is 0.240 e. The minimum Gasteiger partial charge on any atom is -0.391 e. The lowest BCUT2D eigenvalue weighted by molar-refractivity contribution is 0.0888. The van der Waals surface area contributed by atoms with Crippen LogP contribution in [0.2, 0.25) is 5.02 Å². The number of rotatable bonds is 5. The Labute approximate surface area is 131 Å². The summed E-state index contributed by atoms with van der Waals surface area (Å²) >= 11 is 5.96. The molecule has 1 aromatic rings. The van der Waals surface area contributed by atoms with E-state index in [0.29, 0.717) is 5.02 Å². The molecule has 0 bridgehead atoms. The van der Waals surface area contributed by atoms with Gasteiger partial charge in [0, 0.05) is 11.6 Å². The van der Waals surface area contributed by atoms with Gasteiger partial charge in [-0.05, 0) is 43.4 Å². The van der Waals surface area contributed by atoms with Crippen molar-refractivity contribution in [2.45, 2.75) is 50.0 Å². The highest BCUT2D eigenvalue weighted by molar-refractivity contribution is 7.89. The number of nitrogens with one attached hydrogen (secondary N) is 1. The number of halogens is 1. The summed E-state index contributed by atoms with van der Waals surface area (Å²) in [7, 11) is -3.63. The van der Waals surface area contributed by atoms with E-state index >= 15 is 0 Å². The lowest BCUT2D eigenvalue weighted by atomic mass is 9.85. The molecule has 0 aromatic heterocycles. The molecule has 1 saturated carbocycles. The fraction of sp³-hybridized carbons (Fsp3) is 0.600. The Morgan fingerprint density at radius 3 is 2.62 bits per heavy atom. The molecule has 118 valence electrons. The fourth-order valence-electron chi connectivity index (χ4n) is 2.70. The highest BCUT2D eigenvalue weighted by Gasteiger charge is 2.24. The van der Waals surface area contributed by atoms with Gasteiger partial charge in [0.25, 0.3) is 0 Å². The van der Waals surface area contributed by atoms with Gasteiger partial charge in [-0.3, -0.25) is 0 Å². The maximum atomic E-state index is 12.2. The summed E-state index contributed by atoms with van der Waals surface area (Å²) in [6.07, 6.45) is 4.75. The van der Waals surface area contributed by atoms with E-state index in [9.17, 15) is 13.5 Å². The highest BCUT2D eigenvalue weighted by atomic mass is 35.5. The molecular formula is C15H22ClNO3S. The summed E-state index contributed by atoms with van der Waals surface area (Å²) < 4.78 is 26.9. The third-order valence-electron chi connectivity index (χ3n) is 4.13. The van der Waals surface area contributed by atoms with Gasteiger partial charge in [-0.25, -0.2) is 13.1 Å². The Balaban J connectivity index is 1.98. The van der Waals surface area contributed by atoms with Gasteiger partial charge in [-0.15, -0.1) is 0 Å². The zero-order valence-corrected chi connectivity index (χ0v) is 13.8. The van der Waals surface area contributed by atoms with Gasteiger partial charge in [0.05, 0.1) is 11.0 Å². The van der Waals surface area contributed by atoms with Crippen molar-refractivity contribution in [3.8, 4) is 0 Å². The molecule has 0 aliphatic heterocycles. The normalized spacial score (nSPS) is 18.6. The van der Waals surface area contributed by atoms with Crippen molar-refractivity contribution in [3.05, 3.63) is 28.8 Å². The smallest absolute Gasteiger partial charge is 0.240 e. The van der Waals surface area contributed by atoms with Crippen LogP contribution in [0.25, 0.3) is 0 Å². The Bertz CT molecular complexity index is 583. The molecule has 4 nitrogen and oxygen atoms in total. The first-order valence-corrected chi connectivity index (χ1v) is 9.20. The molecule has 0 spiro atoms. The van der Waals surface area contributed by atoms with Gasteiger partial charge in [-0.2, -0.15) is 0 Å². The van der Waals surface area contributed by atoms with Gasteiger partial charge >= 0.3 is 0 Å². The van der Waals surface area contributed by atoms with Crippen molar-refractivity contribution in [2.75, 3.05) is 6.54 Å². The first-order valence-electron chi connectivity index (χ1n) is 7.34. The SMILES string of the molecule is Cc1ccc(S(=O)(=O)NCC(O)C2CCCCC2)cc1Cl. The van der Waals surface area contributed by atoms with Crippen LogP contribution in [0.15, 0.2) is 23.1 Å². The molecule has 1 atom stereocenters. The van der Waals surface area contributed by atoms with Crippen molar-refractivity contribution in [1.29, 1.82) is 0 Å². The van der Waals surface area contributed by atoms with Crippen LogP contribution in [0.5, 0.6) is 0 Å². The first-order chi connectivity index (χ1) is 9.90. The van der Waals surface area contributed by atoms with Crippen molar-refractivity contribution in [2.24, 2.45) is 5.92 Å². The van der Waals surface area contributed by atoms with E-state index in [1.54, 1.807) is 6.07 Å². The van der Waals surface area contributed by atoms with Crippen LogP contribution >= 0.6 is 11.6 Å². The maximum absolute atomic E-state index is 12.2. The molecule has 1 aliphatic rings. The predicted molar refractivity (Wildman–Crippen MR) is 84.0 cm³/mol. The second-order valence-electron chi connectivity index (χ2n) is 5.73. The van der Waals surface area contributed by atoms with Gasteiger partial charge in [0.1, 0.15) is 0 Å². The molecule has 0 radical (unpaired) electrons. The van der Waals surface area contributed by atoms with E-state index in [1.165, 1.54) is 18.6 Å². The number of sulfonamides is 1. The van der Waals surface area contributed by atoms with E-state index in [2.05, 4.69) is 4.72 Å².